The Bertz CT molecular complexity index is 322. The fourth-order valence-electron chi connectivity index (χ4n) is 1.55. The average molecular weight is 237 g/mol. The number of thioether (sulfide) groups is 1. The number of nitrogens with zero attached hydrogens (tertiary/aromatic N) is 1. The van der Waals surface area contributed by atoms with E-state index in [-0.39, 0.29) is 11.2 Å². The summed E-state index contributed by atoms with van der Waals surface area (Å²) in [4.78, 5) is 15.0. The Morgan fingerprint density at radius 3 is 2.31 bits per heavy atom. The molecule has 0 N–H and O–H groups in total. The van der Waals surface area contributed by atoms with E-state index in [9.17, 15) is 4.79 Å². The Kier molecular flexibility index (Phi) is 5.39. The zero-order chi connectivity index (χ0) is 12.0. The minimum atomic E-state index is -0.0118. The van der Waals surface area contributed by atoms with Gasteiger partial charge in [0.2, 0.25) is 5.91 Å². The van der Waals surface area contributed by atoms with Crippen molar-refractivity contribution >= 4 is 17.7 Å². The molecule has 0 radical (unpaired) electrons. The summed E-state index contributed by atoms with van der Waals surface area (Å²) in [6.07, 6.45) is 0. The van der Waals surface area contributed by atoms with Gasteiger partial charge in [-0.05, 0) is 32.9 Å². The summed E-state index contributed by atoms with van der Waals surface area (Å²) < 4.78 is 0. The molecule has 0 spiro atoms. The molecule has 3 heteroatoms. The van der Waals surface area contributed by atoms with Gasteiger partial charge in [0.25, 0.3) is 0 Å². The molecule has 1 amide bonds. The maximum absolute atomic E-state index is 12.0. The molecule has 0 bridgehead atoms. The maximum atomic E-state index is 12.0. The van der Waals surface area contributed by atoms with Gasteiger partial charge < -0.3 is 4.90 Å². The second-order valence-electron chi connectivity index (χ2n) is 3.58. The summed E-state index contributed by atoms with van der Waals surface area (Å²) in [7, 11) is 0. The Morgan fingerprint density at radius 2 is 1.81 bits per heavy atom. The number of amides is 1. The first-order chi connectivity index (χ1) is 7.69. The van der Waals surface area contributed by atoms with E-state index in [1.807, 2.05) is 56.0 Å². The highest BCUT2D eigenvalue weighted by atomic mass is 32.2. The van der Waals surface area contributed by atoms with Gasteiger partial charge in [0.1, 0.15) is 0 Å². The van der Waals surface area contributed by atoms with Crippen LogP contribution in [0.15, 0.2) is 35.2 Å². The summed E-state index contributed by atoms with van der Waals surface area (Å²) in [5, 5.41) is -0.0118. The van der Waals surface area contributed by atoms with Crippen LogP contribution < -0.4 is 0 Å². The molecule has 88 valence electrons. The summed E-state index contributed by atoms with van der Waals surface area (Å²) in [5.74, 6) is 0.221. The van der Waals surface area contributed by atoms with Crippen molar-refractivity contribution in [2.24, 2.45) is 0 Å². The number of carbonyl (C=O) groups is 1. The quantitative estimate of drug-likeness (QED) is 0.734. The van der Waals surface area contributed by atoms with E-state index in [1.54, 1.807) is 11.8 Å². The molecule has 0 heterocycles. The van der Waals surface area contributed by atoms with Crippen molar-refractivity contribution in [1.29, 1.82) is 0 Å². The molecule has 0 aliphatic rings. The van der Waals surface area contributed by atoms with Crippen molar-refractivity contribution in [2.75, 3.05) is 13.1 Å². The van der Waals surface area contributed by atoms with E-state index in [1.165, 1.54) is 0 Å². The molecule has 2 nitrogen and oxygen atoms in total. The SMILES string of the molecule is CCN(CC)C(=O)C(C)Sc1ccccc1. The highest BCUT2D eigenvalue weighted by Gasteiger charge is 2.18. The molecule has 1 rings (SSSR count). The fraction of sp³-hybridized carbons (Fsp3) is 0.462. The lowest BCUT2D eigenvalue weighted by atomic mass is 10.4. The highest BCUT2D eigenvalue weighted by Crippen LogP contribution is 2.23. The van der Waals surface area contributed by atoms with Crippen molar-refractivity contribution < 1.29 is 4.79 Å². The zero-order valence-electron chi connectivity index (χ0n) is 10.1. The second-order valence-corrected chi connectivity index (χ2v) is 5.00. The van der Waals surface area contributed by atoms with Crippen molar-refractivity contribution in [3.8, 4) is 0 Å². The number of hydrogen-bond donors (Lipinski definition) is 0. The molecule has 16 heavy (non-hydrogen) atoms. The van der Waals surface area contributed by atoms with Crippen LogP contribution in [-0.2, 0) is 4.79 Å². The van der Waals surface area contributed by atoms with Gasteiger partial charge in [-0.2, -0.15) is 0 Å². The van der Waals surface area contributed by atoms with Crippen LogP contribution in [0.25, 0.3) is 0 Å². The van der Waals surface area contributed by atoms with E-state index in [0.29, 0.717) is 0 Å². The first kappa shape index (κ1) is 13.1. The molecule has 0 aromatic heterocycles. The Labute approximate surface area is 102 Å². The molecule has 0 fully saturated rings. The standard InChI is InChI=1S/C13H19NOS/c1-4-14(5-2)13(15)11(3)16-12-9-7-6-8-10-12/h6-11H,4-5H2,1-3H3. The van der Waals surface area contributed by atoms with Gasteiger partial charge in [-0.15, -0.1) is 11.8 Å². The predicted molar refractivity (Wildman–Crippen MR) is 69.7 cm³/mol. The third kappa shape index (κ3) is 3.56. The molecule has 0 saturated carbocycles. The smallest absolute Gasteiger partial charge is 0.235 e. The van der Waals surface area contributed by atoms with Crippen molar-refractivity contribution in [3.05, 3.63) is 30.3 Å². The van der Waals surface area contributed by atoms with Crippen LogP contribution in [0.3, 0.4) is 0 Å². The topological polar surface area (TPSA) is 20.3 Å². The van der Waals surface area contributed by atoms with Gasteiger partial charge >= 0.3 is 0 Å². The number of hydrogen-bond acceptors (Lipinski definition) is 2. The molecule has 0 saturated heterocycles. The number of rotatable bonds is 5. The van der Waals surface area contributed by atoms with Gasteiger partial charge in [0.05, 0.1) is 5.25 Å². The van der Waals surface area contributed by atoms with Crippen molar-refractivity contribution in [1.82, 2.24) is 4.90 Å². The van der Waals surface area contributed by atoms with Crippen LogP contribution in [0.5, 0.6) is 0 Å². The van der Waals surface area contributed by atoms with Crippen LogP contribution in [0.4, 0.5) is 0 Å². The Morgan fingerprint density at radius 1 is 1.25 bits per heavy atom. The van der Waals surface area contributed by atoms with Crippen LogP contribution in [0, 0.1) is 0 Å². The van der Waals surface area contributed by atoms with Gasteiger partial charge in [0.15, 0.2) is 0 Å². The third-order valence-electron chi connectivity index (χ3n) is 2.48. The van der Waals surface area contributed by atoms with Gasteiger partial charge in [-0.25, -0.2) is 0 Å². The third-order valence-corrected chi connectivity index (χ3v) is 3.58. The summed E-state index contributed by atoms with van der Waals surface area (Å²) in [5.41, 5.74) is 0. The fourth-order valence-corrected chi connectivity index (χ4v) is 2.52. The second kappa shape index (κ2) is 6.59. The van der Waals surface area contributed by atoms with Gasteiger partial charge in [0, 0.05) is 18.0 Å². The van der Waals surface area contributed by atoms with Crippen molar-refractivity contribution in [2.45, 2.75) is 30.9 Å². The molecule has 1 aromatic carbocycles. The van der Waals surface area contributed by atoms with Crippen LogP contribution in [0.1, 0.15) is 20.8 Å². The summed E-state index contributed by atoms with van der Waals surface area (Å²) >= 11 is 1.62. The lowest BCUT2D eigenvalue weighted by Gasteiger charge is -2.22. The van der Waals surface area contributed by atoms with E-state index in [0.717, 1.165) is 18.0 Å². The van der Waals surface area contributed by atoms with E-state index < -0.39 is 0 Å². The molecular weight excluding hydrogens is 218 g/mol. The van der Waals surface area contributed by atoms with Crippen molar-refractivity contribution in [3.63, 3.8) is 0 Å². The summed E-state index contributed by atoms with van der Waals surface area (Å²) in [6.45, 7) is 7.57. The van der Waals surface area contributed by atoms with Gasteiger partial charge in [-0.1, -0.05) is 18.2 Å². The Hall–Kier alpha value is -0.960. The first-order valence-electron chi connectivity index (χ1n) is 5.69. The Balaban J connectivity index is 2.58. The van der Waals surface area contributed by atoms with Crippen LogP contribution in [-0.4, -0.2) is 29.1 Å². The maximum Gasteiger partial charge on any atom is 0.235 e. The molecule has 1 aromatic rings. The highest BCUT2D eigenvalue weighted by molar-refractivity contribution is 8.00. The van der Waals surface area contributed by atoms with E-state index in [4.69, 9.17) is 0 Å². The average Bonchev–Trinajstić information content (AvgIpc) is 2.31. The minimum Gasteiger partial charge on any atom is -0.342 e. The zero-order valence-corrected chi connectivity index (χ0v) is 11.0. The molecular formula is C13H19NOS. The van der Waals surface area contributed by atoms with Crippen LogP contribution >= 0.6 is 11.8 Å². The normalized spacial score (nSPS) is 12.2. The molecule has 0 aliphatic heterocycles. The molecule has 1 atom stereocenters. The summed E-state index contributed by atoms with van der Waals surface area (Å²) in [6, 6.07) is 10.1. The lowest BCUT2D eigenvalue weighted by molar-refractivity contribution is -0.129. The number of carbonyl (C=O) groups excluding carboxylic acids is 1. The lowest BCUT2D eigenvalue weighted by Crippen LogP contribution is -2.36. The largest absolute Gasteiger partial charge is 0.342 e. The van der Waals surface area contributed by atoms with Gasteiger partial charge in [-0.3, -0.25) is 4.79 Å². The minimum absolute atomic E-state index is 0.0118. The number of benzene rings is 1. The van der Waals surface area contributed by atoms with E-state index in [2.05, 4.69) is 0 Å². The monoisotopic (exact) mass is 237 g/mol. The van der Waals surface area contributed by atoms with Crippen LogP contribution in [0.2, 0.25) is 0 Å². The first-order valence-corrected chi connectivity index (χ1v) is 6.57. The molecule has 1 unspecified atom stereocenters. The van der Waals surface area contributed by atoms with E-state index >= 15 is 0 Å². The molecule has 0 aliphatic carbocycles. The predicted octanol–water partition coefficient (Wildman–Crippen LogP) is 3.04.